The molecule has 0 saturated carbocycles. The quantitative estimate of drug-likeness (QED) is 0.759. The zero-order valence-electron chi connectivity index (χ0n) is 14.1. The van der Waals surface area contributed by atoms with Gasteiger partial charge in [-0.25, -0.2) is 0 Å². The number of ether oxygens (including phenoxy) is 3. The van der Waals surface area contributed by atoms with Gasteiger partial charge in [0.25, 0.3) is 0 Å². The van der Waals surface area contributed by atoms with Gasteiger partial charge in [-0.2, -0.15) is 0 Å². The van der Waals surface area contributed by atoms with E-state index >= 15 is 0 Å². The average Bonchev–Trinajstić information content (AvgIpc) is 3.00. The van der Waals surface area contributed by atoms with E-state index in [1.807, 2.05) is 13.0 Å². The highest BCUT2D eigenvalue weighted by Gasteiger charge is 2.14. The van der Waals surface area contributed by atoms with Crippen molar-refractivity contribution in [3.05, 3.63) is 23.8 Å². The second-order valence-corrected chi connectivity index (χ2v) is 6.18. The average molecular weight is 307 g/mol. The monoisotopic (exact) mass is 307 g/mol. The van der Waals surface area contributed by atoms with Crippen molar-refractivity contribution < 1.29 is 14.2 Å². The van der Waals surface area contributed by atoms with Crippen molar-refractivity contribution in [3.63, 3.8) is 0 Å². The lowest BCUT2D eigenvalue weighted by Crippen LogP contribution is -2.25. The molecule has 124 valence electrons. The minimum atomic E-state index is 0.375. The van der Waals surface area contributed by atoms with Crippen LogP contribution in [-0.2, 0) is 11.3 Å². The highest BCUT2D eigenvalue weighted by atomic mass is 16.5. The van der Waals surface area contributed by atoms with Crippen molar-refractivity contribution in [2.24, 2.45) is 5.92 Å². The maximum atomic E-state index is 5.83. The minimum absolute atomic E-state index is 0.375. The molecule has 1 heterocycles. The molecule has 1 aromatic rings. The Morgan fingerprint density at radius 3 is 2.82 bits per heavy atom. The second-order valence-electron chi connectivity index (χ2n) is 6.18. The van der Waals surface area contributed by atoms with Crippen molar-refractivity contribution >= 4 is 0 Å². The fourth-order valence-corrected chi connectivity index (χ4v) is 2.49. The predicted octanol–water partition coefficient (Wildman–Crippen LogP) is 3.39. The summed E-state index contributed by atoms with van der Waals surface area (Å²) in [6.45, 7) is 10.3. The Labute approximate surface area is 134 Å². The molecular formula is C18H29NO3. The fourth-order valence-electron chi connectivity index (χ4n) is 2.49. The van der Waals surface area contributed by atoms with Crippen LogP contribution < -0.4 is 14.8 Å². The predicted molar refractivity (Wildman–Crippen MR) is 88.6 cm³/mol. The van der Waals surface area contributed by atoms with E-state index in [1.54, 1.807) is 0 Å². The first kappa shape index (κ1) is 17.1. The van der Waals surface area contributed by atoms with E-state index in [2.05, 4.69) is 31.3 Å². The topological polar surface area (TPSA) is 39.7 Å². The van der Waals surface area contributed by atoms with Crippen molar-refractivity contribution in [2.75, 3.05) is 26.4 Å². The number of nitrogens with one attached hydrogen (secondary N) is 1. The van der Waals surface area contributed by atoms with Crippen molar-refractivity contribution in [2.45, 2.75) is 46.3 Å². The van der Waals surface area contributed by atoms with Gasteiger partial charge in [0.1, 0.15) is 0 Å². The summed E-state index contributed by atoms with van der Waals surface area (Å²) < 4.78 is 17.2. The normalized spacial score (nSPS) is 17.9. The Kier molecular flexibility index (Phi) is 7.00. The highest BCUT2D eigenvalue weighted by Crippen LogP contribution is 2.29. The van der Waals surface area contributed by atoms with Crippen LogP contribution in [0, 0.1) is 5.92 Å². The lowest BCUT2D eigenvalue weighted by molar-refractivity contribution is 0.110. The van der Waals surface area contributed by atoms with E-state index in [-0.39, 0.29) is 0 Å². The summed E-state index contributed by atoms with van der Waals surface area (Å²) in [6.07, 6.45) is 2.72. The van der Waals surface area contributed by atoms with Gasteiger partial charge in [0.2, 0.25) is 0 Å². The molecule has 1 aromatic carbocycles. The summed E-state index contributed by atoms with van der Waals surface area (Å²) in [6, 6.07) is 6.18. The Morgan fingerprint density at radius 2 is 2.14 bits per heavy atom. The Hall–Kier alpha value is -1.26. The molecule has 0 unspecified atom stereocenters. The van der Waals surface area contributed by atoms with Gasteiger partial charge in [0.15, 0.2) is 11.5 Å². The molecule has 0 radical (unpaired) electrons. The molecule has 1 fully saturated rings. The molecule has 0 bridgehead atoms. The molecule has 0 aromatic heterocycles. The van der Waals surface area contributed by atoms with Gasteiger partial charge in [-0.1, -0.05) is 19.9 Å². The molecule has 1 aliphatic heterocycles. The third kappa shape index (κ3) is 5.50. The molecule has 0 spiro atoms. The fraction of sp³-hybridized carbons (Fsp3) is 0.667. The van der Waals surface area contributed by atoms with Gasteiger partial charge in [-0.05, 0) is 43.4 Å². The van der Waals surface area contributed by atoms with Gasteiger partial charge in [-0.3, -0.25) is 0 Å². The van der Waals surface area contributed by atoms with Crippen LogP contribution >= 0.6 is 0 Å². The maximum absolute atomic E-state index is 5.83. The van der Waals surface area contributed by atoms with Gasteiger partial charge < -0.3 is 19.5 Å². The number of benzene rings is 1. The molecule has 1 N–H and O–H groups in total. The third-order valence-corrected chi connectivity index (χ3v) is 3.61. The van der Waals surface area contributed by atoms with Gasteiger partial charge in [0.05, 0.1) is 19.3 Å². The molecular weight excluding hydrogens is 278 g/mol. The van der Waals surface area contributed by atoms with Crippen LogP contribution in [-0.4, -0.2) is 32.5 Å². The maximum Gasteiger partial charge on any atom is 0.161 e. The summed E-state index contributed by atoms with van der Waals surface area (Å²) in [5, 5.41) is 3.46. The molecule has 4 nitrogen and oxygen atoms in total. The van der Waals surface area contributed by atoms with E-state index in [9.17, 15) is 0 Å². The molecule has 1 aliphatic rings. The van der Waals surface area contributed by atoms with E-state index in [0.29, 0.717) is 25.2 Å². The van der Waals surface area contributed by atoms with Crippen molar-refractivity contribution in [1.29, 1.82) is 0 Å². The lowest BCUT2D eigenvalue weighted by Gasteiger charge is -2.15. The number of hydrogen-bond acceptors (Lipinski definition) is 4. The standard InChI is InChI=1S/C18H29NO3/c1-4-20-18-10-15(7-8-17(18)22-13-14(2)3)11-19-12-16-6-5-9-21-16/h7-8,10,14,16,19H,4-6,9,11-13H2,1-3H3/t16-/m0/s1. The van der Waals surface area contributed by atoms with Crippen LogP contribution in [0.25, 0.3) is 0 Å². The Balaban J connectivity index is 1.89. The van der Waals surface area contributed by atoms with E-state index in [0.717, 1.165) is 31.2 Å². The van der Waals surface area contributed by atoms with Gasteiger partial charge in [-0.15, -0.1) is 0 Å². The van der Waals surface area contributed by atoms with E-state index < -0.39 is 0 Å². The molecule has 1 atom stereocenters. The van der Waals surface area contributed by atoms with Crippen molar-refractivity contribution in [3.8, 4) is 11.5 Å². The van der Waals surface area contributed by atoms with Crippen molar-refractivity contribution in [1.82, 2.24) is 5.32 Å². The third-order valence-electron chi connectivity index (χ3n) is 3.61. The Bertz CT molecular complexity index is 442. The highest BCUT2D eigenvalue weighted by molar-refractivity contribution is 5.43. The Morgan fingerprint density at radius 1 is 1.27 bits per heavy atom. The summed E-state index contributed by atoms with van der Waals surface area (Å²) in [4.78, 5) is 0. The molecule has 1 saturated heterocycles. The van der Waals surface area contributed by atoms with Crippen LogP contribution in [0.1, 0.15) is 39.2 Å². The zero-order chi connectivity index (χ0) is 15.8. The van der Waals surface area contributed by atoms with Crippen LogP contribution in [0.15, 0.2) is 18.2 Å². The van der Waals surface area contributed by atoms with E-state index in [1.165, 1.54) is 18.4 Å². The zero-order valence-corrected chi connectivity index (χ0v) is 14.1. The van der Waals surface area contributed by atoms with E-state index in [4.69, 9.17) is 14.2 Å². The first-order valence-electron chi connectivity index (χ1n) is 8.40. The summed E-state index contributed by atoms with van der Waals surface area (Å²) in [5.74, 6) is 2.17. The minimum Gasteiger partial charge on any atom is -0.490 e. The number of hydrogen-bond donors (Lipinski definition) is 1. The van der Waals surface area contributed by atoms with Gasteiger partial charge in [0, 0.05) is 19.7 Å². The summed E-state index contributed by atoms with van der Waals surface area (Å²) in [7, 11) is 0. The smallest absolute Gasteiger partial charge is 0.161 e. The summed E-state index contributed by atoms with van der Waals surface area (Å²) in [5.41, 5.74) is 1.21. The second kappa shape index (κ2) is 9.01. The molecule has 0 aliphatic carbocycles. The first-order chi connectivity index (χ1) is 10.7. The first-order valence-corrected chi connectivity index (χ1v) is 8.40. The van der Waals surface area contributed by atoms with Crippen LogP contribution in [0.4, 0.5) is 0 Å². The lowest BCUT2D eigenvalue weighted by atomic mass is 10.2. The molecule has 0 amide bonds. The molecule has 4 heteroatoms. The molecule has 2 rings (SSSR count). The van der Waals surface area contributed by atoms with Crippen LogP contribution in [0.2, 0.25) is 0 Å². The SMILES string of the molecule is CCOc1cc(CNC[C@@H]2CCCO2)ccc1OCC(C)C. The van der Waals surface area contributed by atoms with Gasteiger partial charge >= 0.3 is 0 Å². The number of rotatable bonds is 9. The van der Waals surface area contributed by atoms with Crippen LogP contribution in [0.5, 0.6) is 11.5 Å². The van der Waals surface area contributed by atoms with Crippen LogP contribution in [0.3, 0.4) is 0 Å². The molecule has 22 heavy (non-hydrogen) atoms. The summed E-state index contributed by atoms with van der Waals surface area (Å²) >= 11 is 0. The largest absolute Gasteiger partial charge is 0.490 e.